The summed E-state index contributed by atoms with van der Waals surface area (Å²) in [5, 5.41) is 3.89. The van der Waals surface area contributed by atoms with Crippen LogP contribution in [0.1, 0.15) is 62.2 Å². The number of amides is 1. The van der Waals surface area contributed by atoms with Crippen LogP contribution < -0.4 is 10.9 Å². The fourth-order valence-corrected chi connectivity index (χ4v) is 4.88. The van der Waals surface area contributed by atoms with Crippen LogP contribution in [0.25, 0.3) is 10.9 Å². The van der Waals surface area contributed by atoms with Gasteiger partial charge in [0.25, 0.3) is 12.0 Å². The molecule has 0 unspecified atom stereocenters. The lowest BCUT2D eigenvalue weighted by Crippen LogP contribution is -2.41. The maximum absolute atomic E-state index is 14.7. The van der Waals surface area contributed by atoms with E-state index in [0.29, 0.717) is 42.5 Å². The molecule has 35 heavy (non-hydrogen) atoms. The van der Waals surface area contributed by atoms with Crippen molar-refractivity contribution in [2.24, 2.45) is 5.92 Å². The van der Waals surface area contributed by atoms with Gasteiger partial charge in [0.05, 0.1) is 17.1 Å². The lowest BCUT2D eigenvalue weighted by atomic mass is 10.0. The predicted octanol–water partition coefficient (Wildman–Crippen LogP) is 5.22. The standard InChI is InChI=1S/C26H27F3N4O2/c1-15(18-3-2-4-19(24(18)27)25(28)29)31-21-7-10-30-22-13-23(34)33(14-20(21)22)17-8-11-32(12-9-17)26(35)16-5-6-16/h2-4,7,10,13-17,25,31H,5-6,8-9,11-12H2,1H3/t15-/m1/s1. The number of halogens is 3. The molecule has 1 amide bonds. The molecule has 1 aliphatic heterocycles. The van der Waals surface area contributed by atoms with Gasteiger partial charge in [-0.15, -0.1) is 0 Å². The summed E-state index contributed by atoms with van der Waals surface area (Å²) in [4.78, 5) is 31.4. The molecule has 184 valence electrons. The van der Waals surface area contributed by atoms with Crippen molar-refractivity contribution in [3.8, 4) is 0 Å². The van der Waals surface area contributed by atoms with E-state index in [1.807, 2.05) is 4.90 Å². The molecule has 1 atom stereocenters. The molecular formula is C26H27F3N4O2. The molecule has 2 fully saturated rings. The van der Waals surface area contributed by atoms with Crippen molar-refractivity contribution in [3.63, 3.8) is 0 Å². The number of hydrogen-bond donors (Lipinski definition) is 1. The number of nitrogens with zero attached hydrogens (tertiary/aromatic N) is 3. The second kappa shape index (κ2) is 9.36. The minimum Gasteiger partial charge on any atom is -0.378 e. The van der Waals surface area contributed by atoms with Crippen LogP contribution in [0.4, 0.5) is 18.9 Å². The molecule has 9 heteroatoms. The van der Waals surface area contributed by atoms with Crippen molar-refractivity contribution >= 4 is 22.5 Å². The molecule has 2 aromatic heterocycles. The highest BCUT2D eigenvalue weighted by molar-refractivity contribution is 5.90. The van der Waals surface area contributed by atoms with Gasteiger partial charge in [0.2, 0.25) is 5.91 Å². The topological polar surface area (TPSA) is 67.2 Å². The molecule has 3 heterocycles. The normalized spacial score (nSPS) is 17.7. The molecule has 1 aromatic carbocycles. The molecule has 1 saturated carbocycles. The van der Waals surface area contributed by atoms with Crippen LogP contribution in [0.5, 0.6) is 0 Å². The Kier molecular flexibility index (Phi) is 6.25. The van der Waals surface area contributed by atoms with Gasteiger partial charge in [-0.1, -0.05) is 18.2 Å². The predicted molar refractivity (Wildman–Crippen MR) is 127 cm³/mol. The second-order valence-electron chi connectivity index (χ2n) is 9.42. The third-order valence-corrected chi connectivity index (χ3v) is 7.03. The quantitative estimate of drug-likeness (QED) is 0.521. The maximum atomic E-state index is 14.7. The van der Waals surface area contributed by atoms with Gasteiger partial charge in [-0.25, -0.2) is 13.2 Å². The second-order valence-corrected chi connectivity index (χ2v) is 9.42. The lowest BCUT2D eigenvalue weighted by molar-refractivity contribution is -0.133. The third-order valence-electron chi connectivity index (χ3n) is 7.03. The molecule has 6 nitrogen and oxygen atoms in total. The number of alkyl halides is 2. The van der Waals surface area contributed by atoms with E-state index in [1.54, 1.807) is 30.0 Å². The first kappa shape index (κ1) is 23.4. The number of carbonyl (C=O) groups is 1. The minimum atomic E-state index is -2.90. The van der Waals surface area contributed by atoms with Gasteiger partial charge in [-0.05, 0) is 38.7 Å². The van der Waals surface area contributed by atoms with Gasteiger partial charge < -0.3 is 14.8 Å². The van der Waals surface area contributed by atoms with Crippen molar-refractivity contribution in [1.82, 2.24) is 14.5 Å². The van der Waals surface area contributed by atoms with Crippen LogP contribution in [0.2, 0.25) is 0 Å². The van der Waals surface area contributed by atoms with Crippen molar-refractivity contribution in [2.45, 2.75) is 51.1 Å². The summed E-state index contributed by atoms with van der Waals surface area (Å²) < 4.78 is 42.7. The summed E-state index contributed by atoms with van der Waals surface area (Å²) in [7, 11) is 0. The first-order valence-electron chi connectivity index (χ1n) is 12.0. The van der Waals surface area contributed by atoms with Gasteiger partial charge in [0.15, 0.2) is 0 Å². The summed E-state index contributed by atoms with van der Waals surface area (Å²) in [5.74, 6) is -0.518. The SMILES string of the molecule is C[C@@H](Nc1ccnc2cc(=O)n(C3CCN(C(=O)C4CC4)CC3)cc12)c1cccc(C(F)F)c1F. The number of pyridine rings is 2. The Balaban J connectivity index is 1.40. The lowest BCUT2D eigenvalue weighted by Gasteiger charge is -2.33. The van der Waals surface area contributed by atoms with E-state index in [4.69, 9.17) is 0 Å². The van der Waals surface area contributed by atoms with Gasteiger partial charge >= 0.3 is 0 Å². The minimum absolute atomic E-state index is 0.0409. The zero-order chi connectivity index (χ0) is 24.7. The summed E-state index contributed by atoms with van der Waals surface area (Å²) in [6.07, 6.45) is 3.73. The molecule has 0 radical (unpaired) electrons. The number of carbonyl (C=O) groups excluding carboxylic acids is 1. The van der Waals surface area contributed by atoms with Crippen molar-refractivity contribution in [3.05, 3.63) is 70.0 Å². The van der Waals surface area contributed by atoms with Crippen LogP contribution >= 0.6 is 0 Å². The number of rotatable bonds is 6. The highest BCUT2D eigenvalue weighted by atomic mass is 19.3. The zero-order valence-electron chi connectivity index (χ0n) is 19.4. The monoisotopic (exact) mass is 484 g/mol. The van der Waals surface area contributed by atoms with E-state index in [9.17, 15) is 22.8 Å². The average molecular weight is 485 g/mol. The van der Waals surface area contributed by atoms with Crippen molar-refractivity contribution < 1.29 is 18.0 Å². The zero-order valence-corrected chi connectivity index (χ0v) is 19.4. The highest BCUT2D eigenvalue weighted by Gasteiger charge is 2.35. The average Bonchev–Trinajstić information content (AvgIpc) is 3.69. The fourth-order valence-electron chi connectivity index (χ4n) is 4.88. The first-order valence-corrected chi connectivity index (χ1v) is 12.0. The maximum Gasteiger partial charge on any atom is 0.266 e. The molecule has 3 aromatic rings. The Labute approximate surface area is 200 Å². The molecule has 1 N–H and O–H groups in total. The van der Waals surface area contributed by atoms with Gasteiger partial charge in [-0.3, -0.25) is 14.6 Å². The van der Waals surface area contributed by atoms with Gasteiger partial charge in [-0.2, -0.15) is 0 Å². The summed E-state index contributed by atoms with van der Waals surface area (Å²) in [6, 6.07) is 6.54. The van der Waals surface area contributed by atoms with E-state index in [2.05, 4.69) is 10.3 Å². The third kappa shape index (κ3) is 4.63. The summed E-state index contributed by atoms with van der Waals surface area (Å²) in [5.41, 5.74) is 0.453. The summed E-state index contributed by atoms with van der Waals surface area (Å²) >= 11 is 0. The molecule has 5 rings (SSSR count). The van der Waals surface area contributed by atoms with E-state index in [1.165, 1.54) is 18.2 Å². The number of piperidine rings is 1. The van der Waals surface area contributed by atoms with Crippen molar-refractivity contribution in [2.75, 3.05) is 18.4 Å². The molecule has 0 spiro atoms. The molecule has 2 aliphatic rings. The first-order chi connectivity index (χ1) is 16.8. The number of likely N-dealkylation sites (tertiary alicyclic amines) is 1. The van der Waals surface area contributed by atoms with Gasteiger partial charge in [0, 0.05) is 60.1 Å². The Bertz CT molecular complexity index is 1310. The largest absolute Gasteiger partial charge is 0.378 e. The molecular weight excluding hydrogens is 457 g/mol. The smallest absolute Gasteiger partial charge is 0.266 e. The summed E-state index contributed by atoms with van der Waals surface area (Å²) in [6.45, 7) is 2.95. The molecule has 0 bridgehead atoms. The van der Waals surface area contributed by atoms with Crippen LogP contribution in [-0.2, 0) is 4.79 Å². The molecule has 1 aliphatic carbocycles. The van der Waals surface area contributed by atoms with Crippen LogP contribution in [0.3, 0.4) is 0 Å². The Morgan fingerprint density at radius 2 is 1.83 bits per heavy atom. The number of anilines is 1. The van der Waals surface area contributed by atoms with E-state index < -0.39 is 23.8 Å². The number of benzene rings is 1. The van der Waals surface area contributed by atoms with E-state index in [0.717, 1.165) is 18.9 Å². The number of aromatic nitrogens is 2. The molecule has 1 saturated heterocycles. The van der Waals surface area contributed by atoms with Crippen LogP contribution in [0.15, 0.2) is 47.5 Å². The Morgan fingerprint density at radius 3 is 2.51 bits per heavy atom. The fraction of sp³-hybridized carbons (Fsp3) is 0.423. The van der Waals surface area contributed by atoms with E-state index >= 15 is 0 Å². The van der Waals surface area contributed by atoms with Gasteiger partial charge in [0.1, 0.15) is 5.82 Å². The number of hydrogen-bond acceptors (Lipinski definition) is 4. The highest BCUT2D eigenvalue weighted by Crippen LogP contribution is 2.34. The van der Waals surface area contributed by atoms with Crippen molar-refractivity contribution in [1.29, 1.82) is 0 Å². The Hall–Kier alpha value is -3.36. The van der Waals surface area contributed by atoms with Crippen LogP contribution in [0, 0.1) is 11.7 Å². The number of fused-ring (bicyclic) bond motifs is 1. The number of nitrogens with one attached hydrogen (secondary N) is 1. The van der Waals surface area contributed by atoms with Crippen LogP contribution in [-0.4, -0.2) is 33.4 Å². The van der Waals surface area contributed by atoms with E-state index in [-0.39, 0.29) is 29.0 Å². The Morgan fingerprint density at radius 1 is 1.11 bits per heavy atom.